The lowest BCUT2D eigenvalue weighted by molar-refractivity contribution is 0.487. The van der Waals surface area contributed by atoms with Gasteiger partial charge in [-0.25, -0.2) is 9.97 Å². The standard InChI is InChI=1S/C22H19BrN2/c1-12-3-6-15-16-7-5-14(23)11-18(16)22-21(17(15)9-12)25-20-10-13(2)4-8-19(20)24-22/h3,5-7,9,11,13H,4,8,10H2,1-2H3. The molecule has 4 aromatic rings. The van der Waals surface area contributed by atoms with Gasteiger partial charge in [-0.1, -0.05) is 46.6 Å². The maximum absolute atomic E-state index is 5.14. The first-order valence-electron chi connectivity index (χ1n) is 8.91. The number of aromatic nitrogens is 2. The second-order valence-corrected chi connectivity index (χ2v) is 8.32. The van der Waals surface area contributed by atoms with Crippen LogP contribution < -0.4 is 0 Å². The van der Waals surface area contributed by atoms with Gasteiger partial charge in [0.05, 0.1) is 22.4 Å². The van der Waals surface area contributed by atoms with Crippen molar-refractivity contribution in [2.24, 2.45) is 5.92 Å². The fraction of sp³-hybridized carbons (Fsp3) is 0.273. The van der Waals surface area contributed by atoms with Crippen LogP contribution >= 0.6 is 15.9 Å². The minimum atomic E-state index is 0.696. The summed E-state index contributed by atoms with van der Waals surface area (Å²) in [4.78, 5) is 10.3. The van der Waals surface area contributed by atoms with Crippen molar-refractivity contribution in [2.75, 3.05) is 0 Å². The Balaban J connectivity index is 2.01. The molecule has 0 bridgehead atoms. The summed E-state index contributed by atoms with van der Waals surface area (Å²) in [6, 6.07) is 13.2. The Morgan fingerprint density at radius 1 is 0.880 bits per heavy atom. The molecule has 124 valence electrons. The van der Waals surface area contributed by atoms with Crippen LogP contribution in [0.25, 0.3) is 32.6 Å². The largest absolute Gasteiger partial charge is 0.249 e. The highest BCUT2D eigenvalue weighted by molar-refractivity contribution is 9.10. The van der Waals surface area contributed by atoms with Crippen molar-refractivity contribution in [2.45, 2.75) is 33.1 Å². The smallest absolute Gasteiger partial charge is 0.0975 e. The summed E-state index contributed by atoms with van der Waals surface area (Å²) >= 11 is 3.63. The van der Waals surface area contributed by atoms with Crippen molar-refractivity contribution < 1.29 is 0 Å². The SMILES string of the molecule is Cc1ccc2c3ccc(Br)cc3c3nc4c(nc3c2c1)CC(C)CC4. The van der Waals surface area contributed by atoms with Gasteiger partial charge in [0, 0.05) is 15.2 Å². The molecule has 1 atom stereocenters. The van der Waals surface area contributed by atoms with Crippen LogP contribution in [0.4, 0.5) is 0 Å². The number of benzene rings is 3. The van der Waals surface area contributed by atoms with Crippen molar-refractivity contribution in [3.05, 3.63) is 57.8 Å². The monoisotopic (exact) mass is 390 g/mol. The molecule has 25 heavy (non-hydrogen) atoms. The van der Waals surface area contributed by atoms with Crippen LogP contribution in [0.1, 0.15) is 30.3 Å². The van der Waals surface area contributed by atoms with E-state index in [1.807, 2.05) is 0 Å². The van der Waals surface area contributed by atoms with E-state index in [9.17, 15) is 0 Å². The zero-order valence-electron chi connectivity index (χ0n) is 14.4. The molecule has 1 heterocycles. The highest BCUT2D eigenvalue weighted by Crippen LogP contribution is 2.36. The first-order chi connectivity index (χ1) is 12.1. The van der Waals surface area contributed by atoms with E-state index in [0.29, 0.717) is 5.92 Å². The zero-order chi connectivity index (χ0) is 17.1. The molecule has 0 amide bonds. The Labute approximate surface area is 155 Å². The number of halogens is 1. The van der Waals surface area contributed by atoms with Gasteiger partial charge in [-0.15, -0.1) is 0 Å². The van der Waals surface area contributed by atoms with E-state index in [-0.39, 0.29) is 0 Å². The van der Waals surface area contributed by atoms with Crippen LogP contribution in [0.15, 0.2) is 40.9 Å². The van der Waals surface area contributed by atoms with Crippen LogP contribution in [-0.4, -0.2) is 9.97 Å². The van der Waals surface area contributed by atoms with Crippen LogP contribution in [0.5, 0.6) is 0 Å². The molecule has 0 N–H and O–H groups in total. The highest BCUT2D eigenvalue weighted by Gasteiger charge is 2.20. The van der Waals surface area contributed by atoms with Gasteiger partial charge in [-0.3, -0.25) is 0 Å². The zero-order valence-corrected chi connectivity index (χ0v) is 16.0. The molecule has 2 nitrogen and oxygen atoms in total. The van der Waals surface area contributed by atoms with Crippen LogP contribution in [0, 0.1) is 12.8 Å². The lowest BCUT2D eigenvalue weighted by Crippen LogP contribution is -2.15. The summed E-state index contributed by atoms with van der Waals surface area (Å²) in [5, 5.41) is 4.93. The maximum Gasteiger partial charge on any atom is 0.0975 e. The molecule has 0 fully saturated rings. The second kappa shape index (κ2) is 5.50. The third-order valence-corrected chi connectivity index (χ3v) is 5.92. The van der Waals surface area contributed by atoms with Crippen molar-refractivity contribution in [3.8, 4) is 0 Å². The van der Waals surface area contributed by atoms with E-state index in [0.717, 1.165) is 28.3 Å². The van der Waals surface area contributed by atoms with Gasteiger partial charge < -0.3 is 0 Å². The molecule has 0 spiro atoms. The van der Waals surface area contributed by atoms with Gasteiger partial charge in [-0.2, -0.15) is 0 Å². The normalized spacial score (nSPS) is 17.3. The van der Waals surface area contributed by atoms with E-state index >= 15 is 0 Å². The highest BCUT2D eigenvalue weighted by atomic mass is 79.9. The quantitative estimate of drug-likeness (QED) is 0.337. The van der Waals surface area contributed by atoms with E-state index in [4.69, 9.17) is 9.97 Å². The van der Waals surface area contributed by atoms with E-state index in [2.05, 4.69) is 66.2 Å². The van der Waals surface area contributed by atoms with Crippen molar-refractivity contribution in [1.29, 1.82) is 0 Å². The molecule has 0 saturated heterocycles. The van der Waals surface area contributed by atoms with E-state index < -0.39 is 0 Å². The van der Waals surface area contributed by atoms with Crippen LogP contribution in [0.2, 0.25) is 0 Å². The van der Waals surface area contributed by atoms with Crippen LogP contribution in [0.3, 0.4) is 0 Å². The van der Waals surface area contributed by atoms with Gasteiger partial charge in [0.15, 0.2) is 0 Å². The molecule has 0 radical (unpaired) electrons. The lowest BCUT2D eigenvalue weighted by Gasteiger charge is -2.21. The van der Waals surface area contributed by atoms with Gasteiger partial charge in [0.25, 0.3) is 0 Å². The Kier molecular flexibility index (Phi) is 3.36. The van der Waals surface area contributed by atoms with Gasteiger partial charge >= 0.3 is 0 Å². The predicted octanol–water partition coefficient (Wildman–Crippen LogP) is 6.13. The maximum atomic E-state index is 5.14. The topological polar surface area (TPSA) is 25.8 Å². The minimum absolute atomic E-state index is 0.696. The first-order valence-corrected chi connectivity index (χ1v) is 9.70. The molecule has 1 aliphatic carbocycles. The summed E-state index contributed by atoms with van der Waals surface area (Å²) < 4.78 is 1.08. The molecule has 1 aliphatic rings. The van der Waals surface area contributed by atoms with Crippen LogP contribution in [-0.2, 0) is 12.8 Å². The van der Waals surface area contributed by atoms with E-state index in [1.54, 1.807) is 0 Å². The first kappa shape index (κ1) is 15.3. The number of fused-ring (bicyclic) bond motifs is 7. The van der Waals surface area contributed by atoms with Gasteiger partial charge in [0.1, 0.15) is 0 Å². The molecule has 3 aromatic carbocycles. The molecule has 3 heteroatoms. The average Bonchev–Trinajstić information content (AvgIpc) is 2.60. The molecule has 1 aromatic heterocycles. The Morgan fingerprint density at radius 2 is 1.56 bits per heavy atom. The Hall–Kier alpha value is -2.00. The summed E-state index contributed by atoms with van der Waals surface area (Å²) in [5.74, 6) is 0.696. The number of nitrogens with zero attached hydrogens (tertiary/aromatic N) is 2. The van der Waals surface area contributed by atoms with Crippen molar-refractivity contribution in [1.82, 2.24) is 9.97 Å². The molecular formula is C22H19BrN2. The number of hydrogen-bond acceptors (Lipinski definition) is 2. The Bertz CT molecular complexity index is 1160. The molecule has 0 aliphatic heterocycles. The second-order valence-electron chi connectivity index (χ2n) is 7.40. The van der Waals surface area contributed by atoms with Gasteiger partial charge in [-0.05, 0) is 61.1 Å². The Morgan fingerprint density at radius 3 is 2.36 bits per heavy atom. The summed E-state index contributed by atoms with van der Waals surface area (Å²) in [5.41, 5.74) is 5.75. The molecular weight excluding hydrogens is 372 g/mol. The average molecular weight is 391 g/mol. The number of aryl methyl sites for hydroxylation is 2. The summed E-state index contributed by atoms with van der Waals surface area (Å²) in [6.07, 6.45) is 3.30. The number of rotatable bonds is 0. The minimum Gasteiger partial charge on any atom is -0.249 e. The fourth-order valence-corrected chi connectivity index (χ4v) is 4.46. The predicted molar refractivity (Wildman–Crippen MR) is 108 cm³/mol. The fourth-order valence-electron chi connectivity index (χ4n) is 4.10. The summed E-state index contributed by atoms with van der Waals surface area (Å²) in [7, 11) is 0. The van der Waals surface area contributed by atoms with Gasteiger partial charge in [0.2, 0.25) is 0 Å². The molecule has 1 unspecified atom stereocenters. The number of hydrogen-bond donors (Lipinski definition) is 0. The summed E-state index contributed by atoms with van der Waals surface area (Å²) in [6.45, 7) is 4.46. The third-order valence-electron chi connectivity index (χ3n) is 5.42. The lowest BCUT2D eigenvalue weighted by atomic mass is 9.90. The van der Waals surface area contributed by atoms with E-state index in [1.165, 1.54) is 44.9 Å². The third kappa shape index (κ3) is 2.36. The molecule has 0 saturated carbocycles. The van der Waals surface area contributed by atoms with Crippen molar-refractivity contribution >= 4 is 48.5 Å². The van der Waals surface area contributed by atoms with Crippen molar-refractivity contribution in [3.63, 3.8) is 0 Å². The molecule has 5 rings (SSSR count).